The molecule has 3 aromatic rings. The van der Waals surface area contributed by atoms with Crippen LogP contribution < -0.4 is 10.1 Å². The van der Waals surface area contributed by atoms with Crippen molar-refractivity contribution < 1.29 is 18.3 Å². The van der Waals surface area contributed by atoms with E-state index in [1.54, 1.807) is 13.0 Å². The molecule has 0 atom stereocenters. The second-order valence-electron chi connectivity index (χ2n) is 8.09. The summed E-state index contributed by atoms with van der Waals surface area (Å²) in [5.74, 6) is -0.599. The normalized spacial score (nSPS) is 11.3. The average Bonchev–Trinajstić information content (AvgIpc) is 3.06. The molecule has 0 aliphatic rings. The highest BCUT2D eigenvalue weighted by Crippen LogP contribution is 2.25. The quantitative estimate of drug-likeness (QED) is 0.474. The molecule has 0 aliphatic heterocycles. The Morgan fingerprint density at radius 1 is 1.23 bits per heavy atom. The van der Waals surface area contributed by atoms with Gasteiger partial charge in [-0.15, -0.1) is 0 Å². The van der Waals surface area contributed by atoms with Gasteiger partial charge in [0.25, 0.3) is 5.91 Å². The number of benzene rings is 1. The van der Waals surface area contributed by atoms with Gasteiger partial charge in [0.1, 0.15) is 18.2 Å². The number of aryl methyl sites for hydroxylation is 2. The number of pyridine rings is 1. The third-order valence-corrected chi connectivity index (χ3v) is 5.24. The number of amides is 1. The Morgan fingerprint density at radius 3 is 2.58 bits per heavy atom. The average molecular weight is 430 g/mol. The predicted octanol–water partition coefficient (Wildman–Crippen LogP) is 5.23. The lowest BCUT2D eigenvalue weighted by Gasteiger charge is -2.12. The number of nitrogens with zero attached hydrogens (tertiary/aromatic N) is 2. The minimum atomic E-state index is -0.666. The molecule has 0 radical (unpaired) electrons. The minimum Gasteiger partial charge on any atom is -0.473 e. The van der Waals surface area contributed by atoms with Crippen LogP contribution in [0.15, 0.2) is 30.3 Å². The second-order valence-corrected chi connectivity index (χ2v) is 8.09. The van der Waals surface area contributed by atoms with E-state index < -0.39 is 11.6 Å². The first-order chi connectivity index (χ1) is 14.8. The van der Waals surface area contributed by atoms with Crippen molar-refractivity contribution in [2.75, 3.05) is 6.54 Å². The SMILES string of the molecule is CCc1cc(OCc2c(F)cccc2F)n2nc(C)c(C(=O)NCCCC(C)C)c2c1. The van der Waals surface area contributed by atoms with Crippen LogP contribution >= 0.6 is 0 Å². The summed E-state index contributed by atoms with van der Waals surface area (Å²) in [6.45, 7) is 8.37. The van der Waals surface area contributed by atoms with Crippen LogP contribution in [-0.2, 0) is 13.0 Å². The van der Waals surface area contributed by atoms with Crippen LogP contribution in [0.3, 0.4) is 0 Å². The Bertz CT molecular complexity index is 1060. The summed E-state index contributed by atoms with van der Waals surface area (Å²) in [6, 6.07) is 7.38. The molecular weight excluding hydrogens is 400 g/mol. The van der Waals surface area contributed by atoms with Crippen LogP contribution in [0, 0.1) is 24.5 Å². The standard InChI is InChI=1S/C24H29F2N3O2/c1-5-17-12-21-23(24(30)27-11-7-8-15(2)3)16(4)28-29(21)22(13-17)31-14-18-19(25)9-6-10-20(18)26/h6,9-10,12-13,15H,5,7-8,11,14H2,1-4H3,(H,27,30). The number of carbonyl (C=O) groups is 1. The maximum Gasteiger partial charge on any atom is 0.255 e. The van der Waals surface area contributed by atoms with Gasteiger partial charge in [0, 0.05) is 12.6 Å². The molecule has 0 aliphatic carbocycles. The Morgan fingerprint density at radius 2 is 1.94 bits per heavy atom. The van der Waals surface area contributed by atoms with E-state index in [0.29, 0.717) is 41.5 Å². The summed E-state index contributed by atoms with van der Waals surface area (Å²) in [5.41, 5.74) is 2.45. The van der Waals surface area contributed by atoms with Crippen LogP contribution in [0.2, 0.25) is 0 Å². The molecule has 0 unspecified atom stereocenters. The van der Waals surface area contributed by atoms with Crippen molar-refractivity contribution in [2.45, 2.75) is 53.6 Å². The Balaban J connectivity index is 1.89. The van der Waals surface area contributed by atoms with Crippen LogP contribution in [-0.4, -0.2) is 22.1 Å². The highest BCUT2D eigenvalue weighted by Gasteiger charge is 2.20. The molecule has 2 heterocycles. The summed E-state index contributed by atoms with van der Waals surface area (Å²) in [6.07, 6.45) is 2.66. The Labute approximate surface area is 181 Å². The molecule has 0 spiro atoms. The van der Waals surface area contributed by atoms with E-state index in [0.717, 1.165) is 18.4 Å². The van der Waals surface area contributed by atoms with Gasteiger partial charge in [-0.1, -0.05) is 26.8 Å². The lowest BCUT2D eigenvalue weighted by atomic mass is 10.1. The van der Waals surface area contributed by atoms with Crippen molar-refractivity contribution in [2.24, 2.45) is 5.92 Å². The molecule has 0 saturated heterocycles. The zero-order chi connectivity index (χ0) is 22.5. The molecule has 2 aromatic heterocycles. The molecule has 7 heteroatoms. The maximum atomic E-state index is 14.0. The van der Waals surface area contributed by atoms with E-state index >= 15 is 0 Å². The molecule has 5 nitrogen and oxygen atoms in total. The molecule has 1 amide bonds. The first-order valence-electron chi connectivity index (χ1n) is 10.7. The zero-order valence-electron chi connectivity index (χ0n) is 18.5. The van der Waals surface area contributed by atoms with E-state index in [1.165, 1.54) is 22.7 Å². The van der Waals surface area contributed by atoms with Gasteiger partial charge in [-0.2, -0.15) is 9.61 Å². The van der Waals surface area contributed by atoms with Gasteiger partial charge in [0.05, 0.1) is 22.3 Å². The monoisotopic (exact) mass is 429 g/mol. The zero-order valence-corrected chi connectivity index (χ0v) is 18.5. The fourth-order valence-electron chi connectivity index (χ4n) is 3.49. The molecular formula is C24H29F2N3O2. The highest BCUT2D eigenvalue weighted by atomic mass is 19.1. The summed E-state index contributed by atoms with van der Waals surface area (Å²) in [5, 5.41) is 7.44. The largest absolute Gasteiger partial charge is 0.473 e. The Kier molecular flexibility index (Phi) is 7.25. The van der Waals surface area contributed by atoms with Gasteiger partial charge >= 0.3 is 0 Å². The fourth-order valence-corrected chi connectivity index (χ4v) is 3.49. The van der Waals surface area contributed by atoms with E-state index in [1.807, 2.05) is 13.0 Å². The molecule has 0 fully saturated rings. The summed E-state index contributed by atoms with van der Waals surface area (Å²) < 4.78 is 35.3. The van der Waals surface area contributed by atoms with Gasteiger partial charge in [-0.25, -0.2) is 8.78 Å². The molecule has 1 aromatic carbocycles. The van der Waals surface area contributed by atoms with Gasteiger partial charge in [0.2, 0.25) is 5.88 Å². The van der Waals surface area contributed by atoms with E-state index in [4.69, 9.17) is 4.74 Å². The predicted molar refractivity (Wildman–Crippen MR) is 116 cm³/mol. The smallest absolute Gasteiger partial charge is 0.255 e. The van der Waals surface area contributed by atoms with Crippen molar-refractivity contribution in [1.29, 1.82) is 0 Å². The van der Waals surface area contributed by atoms with Gasteiger partial charge in [0.15, 0.2) is 0 Å². The van der Waals surface area contributed by atoms with Gasteiger partial charge < -0.3 is 10.1 Å². The highest BCUT2D eigenvalue weighted by molar-refractivity contribution is 6.02. The van der Waals surface area contributed by atoms with Crippen LogP contribution in [0.4, 0.5) is 8.78 Å². The topological polar surface area (TPSA) is 55.6 Å². The number of rotatable bonds is 9. The summed E-state index contributed by atoms with van der Waals surface area (Å²) in [4.78, 5) is 12.9. The minimum absolute atomic E-state index is 0.149. The third-order valence-electron chi connectivity index (χ3n) is 5.24. The summed E-state index contributed by atoms with van der Waals surface area (Å²) in [7, 11) is 0. The van der Waals surface area contributed by atoms with Crippen LogP contribution in [0.1, 0.15) is 60.8 Å². The number of hydrogen-bond acceptors (Lipinski definition) is 3. The summed E-state index contributed by atoms with van der Waals surface area (Å²) >= 11 is 0. The molecule has 0 bridgehead atoms. The molecule has 1 N–H and O–H groups in total. The van der Waals surface area contributed by atoms with E-state index in [9.17, 15) is 13.6 Å². The number of aromatic nitrogens is 2. The molecule has 3 rings (SSSR count). The van der Waals surface area contributed by atoms with Crippen molar-refractivity contribution >= 4 is 11.4 Å². The number of nitrogens with one attached hydrogen (secondary N) is 1. The van der Waals surface area contributed by atoms with Gasteiger partial charge in [-0.05, 0) is 55.9 Å². The Hall–Kier alpha value is -2.96. The van der Waals surface area contributed by atoms with Gasteiger partial charge in [-0.3, -0.25) is 4.79 Å². The lowest BCUT2D eigenvalue weighted by Crippen LogP contribution is -2.25. The lowest BCUT2D eigenvalue weighted by molar-refractivity contribution is 0.0953. The number of halogens is 2. The van der Waals surface area contributed by atoms with Crippen molar-refractivity contribution in [1.82, 2.24) is 14.9 Å². The number of carbonyl (C=O) groups excluding carboxylic acids is 1. The number of fused-ring (bicyclic) bond motifs is 1. The molecule has 166 valence electrons. The third kappa shape index (κ3) is 5.21. The first kappa shape index (κ1) is 22.7. The van der Waals surface area contributed by atoms with Crippen molar-refractivity contribution in [3.8, 4) is 5.88 Å². The fraction of sp³-hybridized carbons (Fsp3) is 0.417. The first-order valence-corrected chi connectivity index (χ1v) is 10.7. The number of hydrogen-bond donors (Lipinski definition) is 1. The van der Waals surface area contributed by atoms with Crippen LogP contribution in [0.25, 0.3) is 5.52 Å². The van der Waals surface area contributed by atoms with E-state index in [-0.39, 0.29) is 18.1 Å². The maximum absolute atomic E-state index is 14.0. The number of ether oxygens (including phenoxy) is 1. The van der Waals surface area contributed by atoms with Crippen LogP contribution in [0.5, 0.6) is 5.88 Å². The molecule has 0 saturated carbocycles. The molecule has 31 heavy (non-hydrogen) atoms. The van der Waals surface area contributed by atoms with E-state index in [2.05, 4.69) is 24.3 Å². The van der Waals surface area contributed by atoms with Crippen molar-refractivity contribution in [3.63, 3.8) is 0 Å². The second kappa shape index (κ2) is 9.90. The van der Waals surface area contributed by atoms with Crippen molar-refractivity contribution in [3.05, 3.63) is 64.4 Å².